The van der Waals surface area contributed by atoms with Crippen LogP contribution < -0.4 is 0 Å². The van der Waals surface area contributed by atoms with Gasteiger partial charge in [0.05, 0.1) is 5.41 Å². The molecule has 0 N–H and O–H groups in total. The minimum absolute atomic E-state index is 0.495. The lowest BCUT2D eigenvalue weighted by Crippen LogP contribution is -2.28. The SMILES string of the molecule is c1ccc(-c2nc(-c3ccc4ccccc4c3)nc(-c3ccc4c(c3)oc3cc(C5(c6ccccc6)c6ccccc6-c6ccccc65)ccc34)n2)cc1. The predicted molar refractivity (Wildman–Crippen MR) is 218 cm³/mol. The maximum atomic E-state index is 6.78. The minimum atomic E-state index is -0.495. The summed E-state index contributed by atoms with van der Waals surface area (Å²) in [7, 11) is 0. The summed E-state index contributed by atoms with van der Waals surface area (Å²) in [6.45, 7) is 0. The molecule has 1 aliphatic carbocycles. The first-order chi connectivity index (χ1) is 26.7. The van der Waals surface area contributed by atoms with Crippen molar-refractivity contribution in [2.24, 2.45) is 0 Å². The fourth-order valence-corrected chi connectivity index (χ4v) is 8.54. The van der Waals surface area contributed by atoms with Crippen LogP contribution in [-0.2, 0) is 5.41 Å². The molecule has 0 spiro atoms. The molecule has 252 valence electrons. The average Bonchev–Trinajstić information content (AvgIpc) is 3.77. The van der Waals surface area contributed by atoms with Gasteiger partial charge >= 0.3 is 0 Å². The van der Waals surface area contributed by atoms with Crippen LogP contribution in [0, 0.1) is 0 Å². The first-order valence-electron chi connectivity index (χ1n) is 18.3. The van der Waals surface area contributed by atoms with Gasteiger partial charge in [-0.3, -0.25) is 0 Å². The Morgan fingerprint density at radius 2 is 0.870 bits per heavy atom. The van der Waals surface area contributed by atoms with Gasteiger partial charge in [0.1, 0.15) is 11.2 Å². The van der Waals surface area contributed by atoms with Crippen LogP contribution in [0.5, 0.6) is 0 Å². The third kappa shape index (κ3) is 4.60. The summed E-state index contributed by atoms with van der Waals surface area (Å²) < 4.78 is 6.78. The number of nitrogens with zero attached hydrogens (tertiary/aromatic N) is 3. The average molecular weight is 690 g/mol. The third-order valence-corrected chi connectivity index (χ3v) is 11.0. The second-order valence-electron chi connectivity index (χ2n) is 14.0. The second-order valence-corrected chi connectivity index (χ2v) is 14.0. The van der Waals surface area contributed by atoms with Crippen molar-refractivity contribution in [2.45, 2.75) is 5.41 Å². The van der Waals surface area contributed by atoms with Crippen molar-refractivity contribution in [1.82, 2.24) is 15.0 Å². The predicted octanol–water partition coefficient (Wildman–Crippen LogP) is 12.3. The minimum Gasteiger partial charge on any atom is -0.456 e. The van der Waals surface area contributed by atoms with Gasteiger partial charge in [0.2, 0.25) is 0 Å². The van der Waals surface area contributed by atoms with E-state index in [4.69, 9.17) is 19.4 Å². The molecule has 10 aromatic rings. The Balaban J connectivity index is 1.08. The van der Waals surface area contributed by atoms with Gasteiger partial charge in [-0.15, -0.1) is 0 Å². The zero-order valence-electron chi connectivity index (χ0n) is 29.1. The fraction of sp³-hybridized carbons (Fsp3) is 0.0200. The molecule has 0 saturated heterocycles. The maximum absolute atomic E-state index is 6.78. The molecule has 0 unspecified atom stereocenters. The molecule has 0 fully saturated rings. The van der Waals surface area contributed by atoms with Crippen molar-refractivity contribution in [1.29, 1.82) is 0 Å². The Hall–Kier alpha value is -7.17. The standard InChI is InChI=1S/C50H31N3O/c1-3-14-33(15-4-1)47-51-48(35-24-23-32-13-7-8-16-34(32)29-35)53-49(52-47)36-25-27-41-42-28-26-38(31-46(42)54-45(41)30-36)50(37-17-5-2-6-18-37)43-21-11-9-19-39(43)40-20-10-12-22-44(40)50/h1-31H. The van der Waals surface area contributed by atoms with Crippen LogP contribution in [0.2, 0.25) is 0 Å². The number of hydrogen-bond acceptors (Lipinski definition) is 4. The Kier molecular flexibility index (Phi) is 6.73. The summed E-state index contributed by atoms with van der Waals surface area (Å²) in [6.07, 6.45) is 0. The van der Waals surface area contributed by atoms with Gasteiger partial charge in [0, 0.05) is 27.5 Å². The Labute approximate surface area is 312 Å². The van der Waals surface area contributed by atoms with E-state index in [-0.39, 0.29) is 0 Å². The largest absolute Gasteiger partial charge is 0.456 e. The molecule has 2 heterocycles. The zero-order chi connectivity index (χ0) is 35.6. The van der Waals surface area contributed by atoms with Crippen molar-refractivity contribution in [3.05, 3.63) is 210 Å². The van der Waals surface area contributed by atoms with Crippen LogP contribution in [0.25, 0.3) is 78.0 Å². The number of fused-ring (bicyclic) bond motifs is 7. The molecule has 4 nitrogen and oxygen atoms in total. The van der Waals surface area contributed by atoms with E-state index in [9.17, 15) is 0 Å². The van der Waals surface area contributed by atoms with Gasteiger partial charge in [-0.1, -0.05) is 164 Å². The smallest absolute Gasteiger partial charge is 0.164 e. The van der Waals surface area contributed by atoms with E-state index in [0.717, 1.165) is 44.0 Å². The van der Waals surface area contributed by atoms with Crippen LogP contribution >= 0.6 is 0 Å². The van der Waals surface area contributed by atoms with E-state index < -0.39 is 5.41 Å². The number of furan rings is 1. The summed E-state index contributed by atoms with van der Waals surface area (Å²) >= 11 is 0. The summed E-state index contributed by atoms with van der Waals surface area (Å²) in [5, 5.41) is 4.43. The van der Waals surface area contributed by atoms with Crippen LogP contribution in [0.15, 0.2) is 192 Å². The Morgan fingerprint density at radius 3 is 1.57 bits per heavy atom. The third-order valence-electron chi connectivity index (χ3n) is 11.0. The molecule has 8 aromatic carbocycles. The normalized spacial score (nSPS) is 13.0. The maximum Gasteiger partial charge on any atom is 0.164 e. The number of rotatable bonds is 5. The van der Waals surface area contributed by atoms with Crippen molar-refractivity contribution >= 4 is 32.7 Å². The van der Waals surface area contributed by atoms with Crippen LogP contribution in [-0.4, -0.2) is 15.0 Å². The highest BCUT2D eigenvalue weighted by molar-refractivity contribution is 6.06. The van der Waals surface area contributed by atoms with Crippen LogP contribution in [0.4, 0.5) is 0 Å². The van der Waals surface area contributed by atoms with Crippen molar-refractivity contribution in [3.63, 3.8) is 0 Å². The summed E-state index contributed by atoms with van der Waals surface area (Å²) in [5.74, 6) is 1.85. The van der Waals surface area contributed by atoms with Gasteiger partial charge in [-0.25, -0.2) is 15.0 Å². The van der Waals surface area contributed by atoms with E-state index >= 15 is 0 Å². The summed E-state index contributed by atoms with van der Waals surface area (Å²) in [4.78, 5) is 15.0. The quantitative estimate of drug-likeness (QED) is 0.180. The highest BCUT2D eigenvalue weighted by Crippen LogP contribution is 2.56. The van der Waals surface area contributed by atoms with Crippen molar-refractivity contribution in [3.8, 4) is 45.3 Å². The second kappa shape index (κ2) is 11.9. The molecule has 0 saturated carbocycles. The summed E-state index contributed by atoms with van der Waals surface area (Å²) in [5.41, 5.74) is 11.4. The van der Waals surface area contributed by atoms with Gasteiger partial charge < -0.3 is 4.42 Å². The van der Waals surface area contributed by atoms with E-state index in [1.807, 2.05) is 30.3 Å². The fourth-order valence-electron chi connectivity index (χ4n) is 8.54. The Bertz CT molecular complexity index is 3010. The first kappa shape index (κ1) is 30.5. The molecule has 54 heavy (non-hydrogen) atoms. The van der Waals surface area contributed by atoms with Crippen LogP contribution in [0.3, 0.4) is 0 Å². The van der Waals surface area contributed by atoms with Gasteiger partial charge in [0.25, 0.3) is 0 Å². The van der Waals surface area contributed by atoms with E-state index in [2.05, 4.69) is 158 Å². The van der Waals surface area contributed by atoms with E-state index in [1.54, 1.807) is 0 Å². The lowest BCUT2D eigenvalue weighted by atomic mass is 9.67. The molecule has 0 radical (unpaired) electrons. The molecule has 11 rings (SSSR count). The van der Waals surface area contributed by atoms with Crippen LogP contribution in [0.1, 0.15) is 22.3 Å². The molecule has 0 atom stereocenters. The molecule has 0 bridgehead atoms. The van der Waals surface area contributed by atoms with Gasteiger partial charge in [-0.2, -0.15) is 0 Å². The Morgan fingerprint density at radius 1 is 0.352 bits per heavy atom. The first-order valence-corrected chi connectivity index (χ1v) is 18.3. The lowest BCUT2D eigenvalue weighted by Gasteiger charge is -2.33. The zero-order valence-corrected chi connectivity index (χ0v) is 29.1. The highest BCUT2D eigenvalue weighted by atomic mass is 16.3. The van der Waals surface area contributed by atoms with Gasteiger partial charge in [0.15, 0.2) is 17.5 Å². The van der Waals surface area contributed by atoms with Crippen molar-refractivity contribution < 1.29 is 4.42 Å². The van der Waals surface area contributed by atoms with E-state index in [0.29, 0.717) is 17.5 Å². The number of aromatic nitrogens is 3. The highest BCUT2D eigenvalue weighted by Gasteiger charge is 2.46. The monoisotopic (exact) mass is 689 g/mol. The van der Waals surface area contributed by atoms with E-state index in [1.165, 1.54) is 38.8 Å². The molecular formula is C50H31N3O. The number of benzene rings is 8. The molecule has 2 aromatic heterocycles. The van der Waals surface area contributed by atoms with Gasteiger partial charge in [-0.05, 0) is 68.4 Å². The lowest BCUT2D eigenvalue weighted by molar-refractivity contribution is 0.665. The summed E-state index contributed by atoms with van der Waals surface area (Å²) in [6, 6.07) is 66.3. The molecular weight excluding hydrogens is 659 g/mol. The molecule has 0 amide bonds. The topological polar surface area (TPSA) is 51.8 Å². The molecule has 4 heteroatoms. The number of hydrogen-bond donors (Lipinski definition) is 0. The molecule has 0 aliphatic heterocycles. The van der Waals surface area contributed by atoms with Crippen molar-refractivity contribution in [2.75, 3.05) is 0 Å². The molecule has 1 aliphatic rings.